The predicted octanol–water partition coefficient (Wildman–Crippen LogP) is 8.58. The van der Waals surface area contributed by atoms with Crippen LogP contribution >= 0.6 is 0 Å². The van der Waals surface area contributed by atoms with Crippen LogP contribution in [-0.2, 0) is 27.4 Å². The first-order valence-corrected chi connectivity index (χ1v) is 15.9. The maximum absolute atomic E-state index is 12.6. The number of anilines is 1. The highest BCUT2D eigenvalue weighted by molar-refractivity contribution is 5.94. The van der Waals surface area contributed by atoms with Crippen LogP contribution in [0.15, 0.2) is 66.7 Å². The molecule has 236 valence electrons. The number of unbranched alkanes of at least 4 members (excludes halogenated alkanes) is 3. The molecule has 0 saturated carbocycles. The summed E-state index contributed by atoms with van der Waals surface area (Å²) in [6.45, 7) is 7.73. The highest BCUT2D eigenvalue weighted by Crippen LogP contribution is 2.31. The molecule has 2 N–H and O–H groups in total. The number of amides is 1. The number of pyridine rings is 1. The van der Waals surface area contributed by atoms with E-state index < -0.39 is 11.4 Å². The van der Waals surface area contributed by atoms with E-state index >= 15 is 0 Å². The minimum atomic E-state index is -1.04. The van der Waals surface area contributed by atoms with Crippen molar-refractivity contribution in [2.24, 2.45) is 5.41 Å². The number of carboxylic acids is 1. The molecule has 1 heterocycles. The van der Waals surface area contributed by atoms with Gasteiger partial charge in [0.15, 0.2) is 0 Å². The van der Waals surface area contributed by atoms with E-state index in [4.69, 9.17) is 14.5 Å². The van der Waals surface area contributed by atoms with Gasteiger partial charge in [-0.2, -0.15) is 0 Å². The van der Waals surface area contributed by atoms with Crippen molar-refractivity contribution < 1.29 is 24.2 Å². The first-order valence-electron chi connectivity index (χ1n) is 15.9. The lowest BCUT2D eigenvalue weighted by Gasteiger charge is -2.25. The number of aryl methyl sites for hydroxylation is 1. The first kappa shape index (κ1) is 34.5. The van der Waals surface area contributed by atoms with Gasteiger partial charge in [-0.05, 0) is 92.1 Å². The summed E-state index contributed by atoms with van der Waals surface area (Å²) in [5.41, 5.74) is 3.48. The van der Waals surface area contributed by atoms with Crippen molar-refractivity contribution >= 4 is 29.7 Å². The van der Waals surface area contributed by atoms with Crippen LogP contribution in [0.25, 0.3) is 12.2 Å². The van der Waals surface area contributed by atoms with E-state index in [0.29, 0.717) is 31.7 Å². The van der Waals surface area contributed by atoms with E-state index in [2.05, 4.69) is 36.5 Å². The van der Waals surface area contributed by atoms with Crippen LogP contribution < -0.4 is 10.1 Å². The Bertz CT molecular complexity index is 1330. The van der Waals surface area contributed by atoms with E-state index in [1.54, 1.807) is 19.9 Å². The van der Waals surface area contributed by atoms with Crippen molar-refractivity contribution in [1.29, 1.82) is 0 Å². The van der Waals surface area contributed by atoms with Crippen molar-refractivity contribution in [2.75, 3.05) is 18.5 Å². The Balaban J connectivity index is 1.41. The molecular formula is C37H48N2O5. The molecule has 44 heavy (non-hydrogen) atoms. The Kier molecular flexibility index (Phi) is 14.6. The Labute approximate surface area is 262 Å². The summed E-state index contributed by atoms with van der Waals surface area (Å²) < 4.78 is 11.7. The standard InChI is InChI=1S/C37H48N2O5/c1-4-7-9-25-44-34-22-19-29(20-23-34)13-8-10-24-43-28-33-17-12-15-31(38-33)21-18-30-14-11-16-32(26-30)39-35(40)27-37(5-2,6-3)36(41)42/h11-12,14-23,26H,4-10,13,24-25,27-28H2,1-3H3,(H,39,40)(H,41,42). The summed E-state index contributed by atoms with van der Waals surface area (Å²) in [5.74, 6) is -0.293. The second-order valence-electron chi connectivity index (χ2n) is 11.2. The molecule has 0 atom stereocenters. The third-order valence-corrected chi connectivity index (χ3v) is 7.95. The van der Waals surface area contributed by atoms with Gasteiger partial charge >= 0.3 is 5.97 Å². The normalized spacial score (nSPS) is 11.5. The van der Waals surface area contributed by atoms with E-state index in [9.17, 15) is 14.7 Å². The van der Waals surface area contributed by atoms with Crippen molar-refractivity contribution in [2.45, 2.75) is 85.2 Å². The molecule has 3 aromatic rings. The number of carbonyl (C=O) groups is 2. The van der Waals surface area contributed by atoms with Gasteiger partial charge in [-0.1, -0.05) is 70.0 Å². The molecule has 0 spiro atoms. The van der Waals surface area contributed by atoms with Crippen molar-refractivity contribution in [3.63, 3.8) is 0 Å². The quantitative estimate of drug-likeness (QED) is 0.126. The molecule has 7 heteroatoms. The first-order chi connectivity index (χ1) is 21.4. The average molecular weight is 601 g/mol. The highest BCUT2D eigenvalue weighted by atomic mass is 16.5. The van der Waals surface area contributed by atoms with Crippen molar-refractivity contribution in [1.82, 2.24) is 4.98 Å². The lowest BCUT2D eigenvalue weighted by Crippen LogP contribution is -2.34. The van der Waals surface area contributed by atoms with Gasteiger partial charge in [0, 0.05) is 18.7 Å². The number of nitrogens with one attached hydrogen (secondary N) is 1. The second kappa shape index (κ2) is 18.6. The smallest absolute Gasteiger partial charge is 0.310 e. The highest BCUT2D eigenvalue weighted by Gasteiger charge is 2.37. The van der Waals surface area contributed by atoms with Gasteiger partial charge in [-0.25, -0.2) is 0 Å². The van der Waals surface area contributed by atoms with Crippen molar-refractivity contribution in [3.05, 3.63) is 89.2 Å². The van der Waals surface area contributed by atoms with E-state index in [-0.39, 0.29) is 12.3 Å². The second-order valence-corrected chi connectivity index (χ2v) is 11.2. The molecule has 0 aliphatic heterocycles. The third-order valence-electron chi connectivity index (χ3n) is 7.95. The van der Waals surface area contributed by atoms with E-state index in [1.807, 2.05) is 48.6 Å². The lowest BCUT2D eigenvalue weighted by atomic mass is 9.79. The topological polar surface area (TPSA) is 97.8 Å². The number of ether oxygens (including phenoxy) is 2. The number of benzene rings is 2. The molecule has 0 unspecified atom stereocenters. The van der Waals surface area contributed by atoms with Crippen LogP contribution in [0, 0.1) is 5.41 Å². The Hall–Kier alpha value is -3.97. The Morgan fingerprint density at radius 2 is 1.64 bits per heavy atom. The van der Waals surface area contributed by atoms with Crippen LogP contribution in [0.4, 0.5) is 5.69 Å². The molecule has 0 radical (unpaired) electrons. The molecular weight excluding hydrogens is 552 g/mol. The van der Waals surface area contributed by atoms with Crippen LogP contribution in [0.2, 0.25) is 0 Å². The number of aromatic nitrogens is 1. The number of hydrogen-bond donors (Lipinski definition) is 2. The van der Waals surface area contributed by atoms with Crippen LogP contribution in [0.1, 0.15) is 94.7 Å². The monoisotopic (exact) mass is 600 g/mol. The molecule has 3 rings (SSSR count). The molecule has 7 nitrogen and oxygen atoms in total. The van der Waals surface area contributed by atoms with Crippen molar-refractivity contribution in [3.8, 4) is 5.75 Å². The minimum Gasteiger partial charge on any atom is -0.494 e. The predicted molar refractivity (Wildman–Crippen MR) is 178 cm³/mol. The molecule has 0 fully saturated rings. The van der Waals surface area contributed by atoms with E-state index in [0.717, 1.165) is 55.0 Å². The summed E-state index contributed by atoms with van der Waals surface area (Å²) in [5, 5.41) is 12.5. The molecule has 0 aliphatic carbocycles. The van der Waals surface area contributed by atoms with Gasteiger partial charge in [0.1, 0.15) is 5.75 Å². The number of aliphatic carboxylic acids is 1. The van der Waals surface area contributed by atoms with Crippen LogP contribution in [0.5, 0.6) is 5.75 Å². The zero-order valence-corrected chi connectivity index (χ0v) is 26.5. The SMILES string of the molecule is CCCCCOc1ccc(CCCCOCc2cccc(C=Cc3cccc(NC(=O)CC(CC)(CC)C(=O)O)c3)n2)cc1. The number of carbonyl (C=O) groups excluding carboxylic acids is 1. The van der Waals surface area contributed by atoms with Gasteiger partial charge in [-0.15, -0.1) is 0 Å². The number of nitrogens with zero attached hydrogens (tertiary/aromatic N) is 1. The number of hydrogen-bond acceptors (Lipinski definition) is 5. The van der Waals surface area contributed by atoms with Crippen LogP contribution in [-0.4, -0.2) is 35.2 Å². The van der Waals surface area contributed by atoms with Crippen LogP contribution in [0.3, 0.4) is 0 Å². The summed E-state index contributed by atoms with van der Waals surface area (Å²) >= 11 is 0. The minimum absolute atomic E-state index is 0.0584. The van der Waals surface area contributed by atoms with Gasteiger partial charge in [0.05, 0.1) is 30.0 Å². The summed E-state index contributed by atoms with van der Waals surface area (Å²) in [4.78, 5) is 29.1. The summed E-state index contributed by atoms with van der Waals surface area (Å²) in [7, 11) is 0. The molecule has 0 aliphatic rings. The zero-order chi connectivity index (χ0) is 31.6. The molecule has 2 aromatic carbocycles. The molecule has 1 amide bonds. The largest absolute Gasteiger partial charge is 0.494 e. The fraction of sp³-hybridized carbons (Fsp3) is 0.432. The summed E-state index contributed by atoms with van der Waals surface area (Å²) in [6, 6.07) is 21.7. The fourth-order valence-electron chi connectivity index (χ4n) is 4.97. The van der Waals surface area contributed by atoms with Gasteiger partial charge in [0.25, 0.3) is 0 Å². The maximum Gasteiger partial charge on any atom is 0.310 e. The molecule has 0 bridgehead atoms. The fourth-order valence-corrected chi connectivity index (χ4v) is 4.97. The van der Waals surface area contributed by atoms with Gasteiger partial charge < -0.3 is 19.9 Å². The van der Waals surface area contributed by atoms with Gasteiger partial charge in [0.2, 0.25) is 5.91 Å². The summed E-state index contributed by atoms with van der Waals surface area (Å²) in [6.07, 6.45) is 11.2. The maximum atomic E-state index is 12.6. The Morgan fingerprint density at radius 1 is 0.886 bits per heavy atom. The number of rotatable bonds is 20. The molecule has 0 saturated heterocycles. The van der Waals surface area contributed by atoms with Gasteiger partial charge in [-0.3, -0.25) is 14.6 Å². The van der Waals surface area contributed by atoms with E-state index in [1.165, 1.54) is 18.4 Å². The lowest BCUT2D eigenvalue weighted by molar-refractivity contribution is -0.151. The third kappa shape index (κ3) is 11.6. The molecule has 1 aromatic heterocycles. The number of carboxylic acid groups (broad SMARTS) is 1. The Morgan fingerprint density at radius 3 is 2.36 bits per heavy atom. The average Bonchev–Trinajstić information content (AvgIpc) is 3.03. The zero-order valence-electron chi connectivity index (χ0n) is 26.5.